The van der Waals surface area contributed by atoms with Crippen LogP contribution in [0.1, 0.15) is 5.56 Å². The van der Waals surface area contributed by atoms with Crippen LogP contribution in [0.2, 0.25) is 0 Å². The second-order valence-corrected chi connectivity index (χ2v) is 4.67. The topological polar surface area (TPSA) is 93.3 Å². The number of fused-ring (bicyclic) bond motifs is 1. The van der Waals surface area contributed by atoms with Gasteiger partial charge in [0.1, 0.15) is 0 Å². The number of ether oxygens (including phenoxy) is 1. The highest BCUT2D eigenvalue weighted by molar-refractivity contribution is 5.87. The summed E-state index contributed by atoms with van der Waals surface area (Å²) in [5.74, 6) is -0.499. The first-order chi connectivity index (χ1) is 10.2. The lowest BCUT2D eigenvalue weighted by Gasteiger charge is -2.13. The average molecular weight is 285 g/mol. The van der Waals surface area contributed by atoms with Crippen LogP contribution in [-0.4, -0.2) is 12.1 Å². The number of aromatic nitrogens is 1. The largest absolute Gasteiger partial charge is 0.417 e. The fourth-order valence-corrected chi connectivity index (χ4v) is 2.19. The minimum absolute atomic E-state index is 0.438. The summed E-state index contributed by atoms with van der Waals surface area (Å²) in [6.45, 7) is 0.494. The monoisotopic (exact) mass is 285 g/mol. The Kier molecular flexibility index (Phi) is 3.37. The molecule has 0 atom stereocenters. The Morgan fingerprint density at radius 1 is 1.29 bits per heavy atom. The number of nitrogens with one attached hydrogen (secondary N) is 2. The second kappa shape index (κ2) is 5.34. The number of oxazole rings is 1. The number of H-pyrrole nitrogens is 1. The van der Waals surface area contributed by atoms with E-state index < -0.39 is 5.76 Å². The summed E-state index contributed by atoms with van der Waals surface area (Å²) in [6.07, 6.45) is 0. The molecule has 1 aromatic heterocycles. The molecule has 0 saturated heterocycles. The van der Waals surface area contributed by atoms with Crippen molar-refractivity contribution in [2.45, 2.75) is 6.61 Å². The molecule has 0 aliphatic rings. The van der Waals surface area contributed by atoms with Crippen molar-refractivity contribution in [3.05, 3.63) is 52.5 Å². The van der Waals surface area contributed by atoms with Gasteiger partial charge in [0.15, 0.2) is 5.58 Å². The van der Waals surface area contributed by atoms with Crippen LogP contribution in [0.5, 0.6) is 0 Å². The highest BCUT2D eigenvalue weighted by Gasteiger charge is 2.09. The van der Waals surface area contributed by atoms with Gasteiger partial charge in [-0.25, -0.2) is 4.79 Å². The molecule has 1 heterocycles. The SMILES string of the molecule is COCc1ccccc1Nc1cc2[nH]c(=O)oc2cc1N. The van der Waals surface area contributed by atoms with E-state index in [4.69, 9.17) is 14.9 Å². The van der Waals surface area contributed by atoms with Crippen molar-refractivity contribution in [2.24, 2.45) is 0 Å². The third kappa shape index (κ3) is 2.61. The number of para-hydroxylation sites is 1. The highest BCUT2D eigenvalue weighted by Crippen LogP contribution is 2.29. The summed E-state index contributed by atoms with van der Waals surface area (Å²) in [7, 11) is 1.65. The molecule has 3 rings (SSSR count). The minimum Gasteiger partial charge on any atom is -0.408 e. The zero-order valence-electron chi connectivity index (χ0n) is 11.5. The Balaban J connectivity index is 2.01. The van der Waals surface area contributed by atoms with Crippen LogP contribution in [0.25, 0.3) is 11.1 Å². The quantitative estimate of drug-likeness (QED) is 0.641. The van der Waals surface area contributed by atoms with Crippen molar-refractivity contribution in [3.63, 3.8) is 0 Å². The maximum atomic E-state index is 11.2. The zero-order valence-corrected chi connectivity index (χ0v) is 11.5. The fraction of sp³-hybridized carbons (Fsp3) is 0.133. The molecule has 0 aliphatic carbocycles. The van der Waals surface area contributed by atoms with Crippen molar-refractivity contribution >= 4 is 28.2 Å². The number of nitrogen functional groups attached to an aromatic ring is 1. The number of anilines is 3. The molecule has 2 aromatic carbocycles. The van der Waals surface area contributed by atoms with Crippen LogP contribution >= 0.6 is 0 Å². The first kappa shape index (κ1) is 13.3. The number of benzene rings is 2. The Hall–Kier alpha value is -2.73. The molecular weight excluding hydrogens is 270 g/mol. The van der Waals surface area contributed by atoms with Crippen molar-refractivity contribution in [3.8, 4) is 0 Å². The van der Waals surface area contributed by atoms with Gasteiger partial charge in [-0.2, -0.15) is 0 Å². The molecule has 6 nitrogen and oxygen atoms in total. The minimum atomic E-state index is -0.499. The summed E-state index contributed by atoms with van der Waals surface area (Å²) >= 11 is 0. The van der Waals surface area contributed by atoms with Crippen LogP contribution in [-0.2, 0) is 11.3 Å². The van der Waals surface area contributed by atoms with E-state index in [0.717, 1.165) is 11.3 Å². The van der Waals surface area contributed by atoms with Crippen LogP contribution in [0.15, 0.2) is 45.6 Å². The van der Waals surface area contributed by atoms with Crippen molar-refractivity contribution < 1.29 is 9.15 Å². The van der Waals surface area contributed by atoms with Gasteiger partial charge in [0.05, 0.1) is 23.5 Å². The molecule has 0 saturated carbocycles. The second-order valence-electron chi connectivity index (χ2n) is 4.67. The standard InChI is InChI=1S/C15H15N3O3/c1-20-8-9-4-2-3-5-11(9)17-12-7-13-14(6-10(12)16)21-15(19)18-13/h2-7,17H,8,16H2,1H3,(H,18,19). The molecule has 0 unspecified atom stereocenters. The lowest BCUT2D eigenvalue weighted by molar-refractivity contribution is 0.185. The Labute approximate surface area is 120 Å². The number of aromatic amines is 1. The lowest BCUT2D eigenvalue weighted by Crippen LogP contribution is -2.00. The van der Waals surface area contributed by atoms with Gasteiger partial charge >= 0.3 is 5.76 Å². The van der Waals surface area contributed by atoms with E-state index in [1.54, 1.807) is 19.2 Å². The molecular formula is C15H15N3O3. The molecule has 4 N–H and O–H groups in total. The molecule has 21 heavy (non-hydrogen) atoms. The highest BCUT2D eigenvalue weighted by atomic mass is 16.5. The van der Waals surface area contributed by atoms with Gasteiger partial charge < -0.3 is 20.2 Å². The maximum Gasteiger partial charge on any atom is 0.417 e. The first-order valence-electron chi connectivity index (χ1n) is 6.43. The van der Waals surface area contributed by atoms with E-state index in [1.807, 2.05) is 24.3 Å². The number of nitrogens with two attached hydrogens (primary N) is 1. The summed E-state index contributed by atoms with van der Waals surface area (Å²) in [6, 6.07) is 11.2. The fourth-order valence-electron chi connectivity index (χ4n) is 2.19. The molecule has 0 bridgehead atoms. The molecule has 0 spiro atoms. The lowest BCUT2D eigenvalue weighted by atomic mass is 10.1. The Bertz CT molecular complexity index is 836. The molecule has 0 amide bonds. The van der Waals surface area contributed by atoms with E-state index in [9.17, 15) is 4.79 Å². The maximum absolute atomic E-state index is 11.2. The normalized spacial score (nSPS) is 10.9. The predicted molar refractivity (Wildman–Crippen MR) is 81.7 cm³/mol. The summed E-state index contributed by atoms with van der Waals surface area (Å²) in [5.41, 5.74) is 10.1. The van der Waals surface area contributed by atoms with Gasteiger partial charge in [0, 0.05) is 24.4 Å². The molecule has 108 valence electrons. The number of hydrogen-bond donors (Lipinski definition) is 3. The third-order valence-electron chi connectivity index (χ3n) is 3.18. The van der Waals surface area contributed by atoms with E-state index in [0.29, 0.717) is 29.1 Å². The summed E-state index contributed by atoms with van der Waals surface area (Å²) < 4.78 is 10.2. The Morgan fingerprint density at radius 3 is 2.90 bits per heavy atom. The van der Waals surface area contributed by atoms with E-state index in [-0.39, 0.29) is 0 Å². The number of hydrogen-bond acceptors (Lipinski definition) is 5. The van der Waals surface area contributed by atoms with Crippen LogP contribution in [0, 0.1) is 0 Å². The van der Waals surface area contributed by atoms with Crippen molar-refractivity contribution in [1.82, 2.24) is 4.98 Å². The van der Waals surface area contributed by atoms with Gasteiger partial charge in [0.2, 0.25) is 0 Å². The Morgan fingerprint density at radius 2 is 2.10 bits per heavy atom. The van der Waals surface area contributed by atoms with Crippen molar-refractivity contribution in [2.75, 3.05) is 18.2 Å². The van der Waals surface area contributed by atoms with Gasteiger partial charge in [0.25, 0.3) is 0 Å². The number of rotatable bonds is 4. The van der Waals surface area contributed by atoms with E-state index >= 15 is 0 Å². The average Bonchev–Trinajstić information content (AvgIpc) is 2.81. The zero-order chi connectivity index (χ0) is 14.8. The smallest absolute Gasteiger partial charge is 0.408 e. The van der Waals surface area contributed by atoms with Crippen LogP contribution in [0.3, 0.4) is 0 Å². The third-order valence-corrected chi connectivity index (χ3v) is 3.18. The molecule has 0 radical (unpaired) electrons. The van der Waals surface area contributed by atoms with E-state index in [1.165, 1.54) is 0 Å². The van der Waals surface area contributed by atoms with E-state index in [2.05, 4.69) is 10.3 Å². The summed E-state index contributed by atoms with van der Waals surface area (Å²) in [4.78, 5) is 13.8. The van der Waals surface area contributed by atoms with Crippen LogP contribution < -0.4 is 16.8 Å². The summed E-state index contributed by atoms with van der Waals surface area (Å²) in [5, 5.41) is 3.26. The molecule has 0 fully saturated rings. The predicted octanol–water partition coefficient (Wildman–Crippen LogP) is 2.59. The van der Waals surface area contributed by atoms with Gasteiger partial charge in [-0.15, -0.1) is 0 Å². The van der Waals surface area contributed by atoms with Gasteiger partial charge in [-0.05, 0) is 12.1 Å². The van der Waals surface area contributed by atoms with Crippen molar-refractivity contribution in [1.29, 1.82) is 0 Å². The first-order valence-corrected chi connectivity index (χ1v) is 6.43. The van der Waals surface area contributed by atoms with Gasteiger partial charge in [-0.3, -0.25) is 4.98 Å². The van der Waals surface area contributed by atoms with Crippen LogP contribution in [0.4, 0.5) is 17.1 Å². The van der Waals surface area contributed by atoms with Gasteiger partial charge in [-0.1, -0.05) is 18.2 Å². The molecule has 3 aromatic rings. The molecule has 0 aliphatic heterocycles. The number of methoxy groups -OCH3 is 1. The molecule has 6 heteroatoms.